The zero-order valence-corrected chi connectivity index (χ0v) is 15.0. The highest BCUT2D eigenvalue weighted by Crippen LogP contribution is 2.31. The van der Waals surface area contributed by atoms with Gasteiger partial charge in [-0.3, -0.25) is 9.59 Å². The van der Waals surface area contributed by atoms with E-state index in [9.17, 15) is 14.0 Å². The Labute approximate surface area is 157 Å². The number of carbonyl (C=O) groups is 2. The van der Waals surface area contributed by atoms with E-state index in [0.29, 0.717) is 17.2 Å². The average Bonchev–Trinajstić information content (AvgIpc) is 3.55. The molecule has 4 rings (SSSR count). The van der Waals surface area contributed by atoms with Crippen LogP contribution in [0.15, 0.2) is 48.5 Å². The third kappa shape index (κ3) is 4.10. The minimum absolute atomic E-state index is 0.229. The minimum atomic E-state index is -0.337. The molecule has 1 heterocycles. The summed E-state index contributed by atoms with van der Waals surface area (Å²) in [5.41, 5.74) is 2.15. The second-order valence-corrected chi connectivity index (χ2v) is 7.09. The van der Waals surface area contributed by atoms with Gasteiger partial charge in [0.1, 0.15) is 5.82 Å². The van der Waals surface area contributed by atoms with Crippen molar-refractivity contribution >= 4 is 23.2 Å². The summed E-state index contributed by atoms with van der Waals surface area (Å²) < 4.78 is 12.9. The van der Waals surface area contributed by atoms with Crippen LogP contribution in [0, 0.1) is 11.7 Å². The molecule has 2 aromatic rings. The van der Waals surface area contributed by atoms with E-state index in [-0.39, 0.29) is 17.6 Å². The van der Waals surface area contributed by atoms with E-state index >= 15 is 0 Å². The number of hydrogen-bond acceptors (Lipinski definition) is 3. The lowest BCUT2D eigenvalue weighted by molar-refractivity contribution is -0.132. The van der Waals surface area contributed by atoms with E-state index in [1.807, 2.05) is 17.0 Å². The van der Waals surface area contributed by atoms with Crippen LogP contribution >= 0.6 is 0 Å². The SMILES string of the molecule is O=C(Nc1ccc(F)cc1)c1ccc(N2CCN(C(=O)C3CC3)CC2)cc1. The first kappa shape index (κ1) is 17.5. The molecule has 2 aromatic carbocycles. The zero-order chi connectivity index (χ0) is 18.8. The Morgan fingerprint density at radius 2 is 1.52 bits per heavy atom. The van der Waals surface area contributed by atoms with E-state index in [1.54, 1.807) is 12.1 Å². The Balaban J connectivity index is 1.34. The molecule has 1 saturated carbocycles. The number of halogens is 1. The van der Waals surface area contributed by atoms with Crippen molar-refractivity contribution in [2.45, 2.75) is 12.8 Å². The molecule has 2 fully saturated rings. The smallest absolute Gasteiger partial charge is 0.255 e. The lowest BCUT2D eigenvalue weighted by Crippen LogP contribution is -2.49. The van der Waals surface area contributed by atoms with Gasteiger partial charge in [-0.2, -0.15) is 0 Å². The first-order valence-electron chi connectivity index (χ1n) is 9.31. The number of rotatable bonds is 4. The standard InChI is InChI=1S/C21H22FN3O2/c22-17-5-7-18(8-6-17)23-20(26)15-3-9-19(10-4-15)24-11-13-25(14-12-24)21(27)16-1-2-16/h3-10,16H,1-2,11-14H2,(H,23,26). The van der Waals surface area contributed by atoms with Crippen LogP contribution in [-0.4, -0.2) is 42.9 Å². The number of carbonyl (C=O) groups excluding carboxylic acids is 2. The van der Waals surface area contributed by atoms with E-state index in [2.05, 4.69) is 10.2 Å². The van der Waals surface area contributed by atoms with Crippen LogP contribution < -0.4 is 10.2 Å². The average molecular weight is 367 g/mol. The maximum Gasteiger partial charge on any atom is 0.255 e. The van der Waals surface area contributed by atoms with Gasteiger partial charge in [0.05, 0.1) is 0 Å². The molecule has 0 atom stereocenters. The Bertz CT molecular complexity index is 824. The number of anilines is 2. The minimum Gasteiger partial charge on any atom is -0.368 e. The molecule has 140 valence electrons. The summed E-state index contributed by atoms with van der Waals surface area (Å²) in [6, 6.07) is 13.1. The normalized spacial score (nSPS) is 16.9. The van der Waals surface area contributed by atoms with Crippen molar-refractivity contribution in [1.29, 1.82) is 0 Å². The van der Waals surface area contributed by atoms with Gasteiger partial charge in [-0.15, -0.1) is 0 Å². The highest BCUT2D eigenvalue weighted by molar-refractivity contribution is 6.04. The quantitative estimate of drug-likeness (QED) is 0.903. The fourth-order valence-corrected chi connectivity index (χ4v) is 3.33. The summed E-state index contributed by atoms with van der Waals surface area (Å²) in [7, 11) is 0. The van der Waals surface area contributed by atoms with Gasteiger partial charge in [0.15, 0.2) is 0 Å². The molecule has 1 aliphatic carbocycles. The molecule has 5 nitrogen and oxygen atoms in total. The first-order valence-corrected chi connectivity index (χ1v) is 9.31. The summed E-state index contributed by atoms with van der Waals surface area (Å²) in [6.07, 6.45) is 2.08. The third-order valence-corrected chi connectivity index (χ3v) is 5.11. The number of piperazine rings is 1. The Morgan fingerprint density at radius 1 is 0.889 bits per heavy atom. The molecule has 0 aromatic heterocycles. The van der Waals surface area contributed by atoms with Gasteiger partial charge in [0.25, 0.3) is 5.91 Å². The van der Waals surface area contributed by atoms with Crippen LogP contribution in [0.1, 0.15) is 23.2 Å². The summed E-state index contributed by atoms with van der Waals surface area (Å²) in [4.78, 5) is 28.7. The molecule has 2 aliphatic rings. The van der Waals surface area contributed by atoms with Gasteiger partial charge in [0, 0.05) is 49.0 Å². The fourth-order valence-electron chi connectivity index (χ4n) is 3.33. The van der Waals surface area contributed by atoms with E-state index in [0.717, 1.165) is 44.7 Å². The number of nitrogens with one attached hydrogen (secondary N) is 1. The zero-order valence-electron chi connectivity index (χ0n) is 15.0. The Kier molecular flexibility index (Phi) is 4.79. The fraction of sp³-hybridized carbons (Fsp3) is 0.333. The molecule has 27 heavy (non-hydrogen) atoms. The second kappa shape index (κ2) is 7.39. The summed E-state index contributed by atoms with van der Waals surface area (Å²) in [6.45, 7) is 3.11. The van der Waals surface area contributed by atoms with Crippen molar-refractivity contribution < 1.29 is 14.0 Å². The molecule has 0 radical (unpaired) electrons. The summed E-state index contributed by atoms with van der Waals surface area (Å²) >= 11 is 0. The molecule has 0 unspecified atom stereocenters. The number of nitrogens with zero attached hydrogens (tertiary/aromatic N) is 2. The maximum atomic E-state index is 12.9. The monoisotopic (exact) mass is 367 g/mol. The molecule has 2 amide bonds. The van der Waals surface area contributed by atoms with Crippen LogP contribution in [0.3, 0.4) is 0 Å². The molecule has 1 saturated heterocycles. The van der Waals surface area contributed by atoms with E-state index in [4.69, 9.17) is 0 Å². The summed E-state index contributed by atoms with van der Waals surface area (Å²) in [5, 5.41) is 2.76. The van der Waals surface area contributed by atoms with Crippen LogP contribution in [0.4, 0.5) is 15.8 Å². The van der Waals surface area contributed by atoms with Crippen molar-refractivity contribution in [1.82, 2.24) is 4.90 Å². The Morgan fingerprint density at radius 3 is 2.11 bits per heavy atom. The summed E-state index contributed by atoms with van der Waals surface area (Å²) in [5.74, 6) is 0.0159. The van der Waals surface area contributed by atoms with Crippen LogP contribution in [0.25, 0.3) is 0 Å². The highest BCUT2D eigenvalue weighted by atomic mass is 19.1. The van der Waals surface area contributed by atoms with Gasteiger partial charge in [0.2, 0.25) is 5.91 Å². The number of amides is 2. The topological polar surface area (TPSA) is 52.7 Å². The van der Waals surface area contributed by atoms with Gasteiger partial charge in [-0.25, -0.2) is 4.39 Å². The lowest BCUT2D eigenvalue weighted by atomic mass is 10.1. The largest absolute Gasteiger partial charge is 0.368 e. The Hall–Kier alpha value is -2.89. The van der Waals surface area contributed by atoms with Crippen LogP contribution in [-0.2, 0) is 4.79 Å². The van der Waals surface area contributed by atoms with Gasteiger partial charge < -0.3 is 15.1 Å². The van der Waals surface area contributed by atoms with Crippen LogP contribution in [0.5, 0.6) is 0 Å². The predicted octanol–water partition coefficient (Wildman–Crippen LogP) is 3.14. The van der Waals surface area contributed by atoms with E-state index in [1.165, 1.54) is 24.3 Å². The van der Waals surface area contributed by atoms with Gasteiger partial charge in [-0.05, 0) is 61.4 Å². The molecular weight excluding hydrogens is 345 g/mol. The molecule has 1 aliphatic heterocycles. The maximum absolute atomic E-state index is 12.9. The molecule has 1 N–H and O–H groups in total. The number of benzene rings is 2. The van der Waals surface area contributed by atoms with Crippen molar-refractivity contribution in [2.75, 3.05) is 36.4 Å². The second-order valence-electron chi connectivity index (χ2n) is 7.09. The molecular formula is C21H22FN3O2. The van der Waals surface area contributed by atoms with Crippen molar-refractivity contribution in [3.8, 4) is 0 Å². The van der Waals surface area contributed by atoms with Crippen molar-refractivity contribution in [3.63, 3.8) is 0 Å². The number of hydrogen-bond donors (Lipinski definition) is 1. The van der Waals surface area contributed by atoms with Gasteiger partial charge in [-0.1, -0.05) is 0 Å². The van der Waals surface area contributed by atoms with Crippen molar-refractivity contribution in [3.05, 3.63) is 59.9 Å². The predicted molar refractivity (Wildman–Crippen MR) is 102 cm³/mol. The molecule has 0 bridgehead atoms. The molecule has 0 spiro atoms. The molecule has 6 heteroatoms. The third-order valence-electron chi connectivity index (χ3n) is 5.11. The first-order chi connectivity index (χ1) is 13.1. The van der Waals surface area contributed by atoms with E-state index < -0.39 is 0 Å². The lowest BCUT2D eigenvalue weighted by Gasteiger charge is -2.36. The van der Waals surface area contributed by atoms with Crippen LogP contribution in [0.2, 0.25) is 0 Å². The van der Waals surface area contributed by atoms with Gasteiger partial charge >= 0.3 is 0 Å². The van der Waals surface area contributed by atoms with Crippen molar-refractivity contribution in [2.24, 2.45) is 5.92 Å². The highest BCUT2D eigenvalue weighted by Gasteiger charge is 2.34.